The first-order valence-corrected chi connectivity index (χ1v) is 23.7. The summed E-state index contributed by atoms with van der Waals surface area (Å²) in [5.41, 5.74) is 7.01. The van der Waals surface area contributed by atoms with Crippen molar-refractivity contribution in [1.29, 1.82) is 0 Å². The Morgan fingerprint density at radius 2 is 1.52 bits per heavy atom. The zero-order valence-corrected chi connectivity index (χ0v) is 37.0. The van der Waals surface area contributed by atoms with Gasteiger partial charge in [-0.1, -0.05) is 18.2 Å². The number of aromatic amines is 1. The molecule has 12 nitrogen and oxygen atoms in total. The van der Waals surface area contributed by atoms with Gasteiger partial charge in [0, 0.05) is 105 Å². The second-order valence-corrected chi connectivity index (χ2v) is 21.0. The summed E-state index contributed by atoms with van der Waals surface area (Å²) in [5, 5.41) is 3.66. The van der Waals surface area contributed by atoms with Crippen molar-refractivity contribution in [2.75, 3.05) is 68.7 Å². The van der Waals surface area contributed by atoms with Crippen LogP contribution < -0.4 is 15.1 Å². The normalized spacial score (nSPS) is 25.4. The lowest BCUT2D eigenvalue weighted by Gasteiger charge is -2.54. The average molecular weight is 856 g/mol. The van der Waals surface area contributed by atoms with Crippen LogP contribution in [0.15, 0.2) is 54.9 Å². The smallest absolute Gasteiger partial charge is 0.255 e. The topological polar surface area (TPSA) is 121 Å². The maximum absolute atomic E-state index is 15.1. The third-order valence-electron chi connectivity index (χ3n) is 16.4. The highest BCUT2D eigenvalue weighted by molar-refractivity contribution is 6.05. The number of carbonyl (C=O) groups excluding carboxylic acids is 3. The molecule has 11 rings (SSSR count). The van der Waals surface area contributed by atoms with Gasteiger partial charge in [-0.05, 0) is 143 Å². The fraction of sp³-hybridized carbons (Fsp3) is 0.580. The van der Waals surface area contributed by atoms with Crippen molar-refractivity contribution in [1.82, 2.24) is 35.0 Å². The molecular weight excluding hydrogens is 794 g/mol. The molecule has 6 aliphatic heterocycles. The number of likely N-dealkylation sites (tertiary alicyclic amines) is 1. The van der Waals surface area contributed by atoms with Gasteiger partial charge in [0.25, 0.3) is 5.91 Å². The van der Waals surface area contributed by atoms with E-state index in [9.17, 15) is 14.4 Å². The summed E-state index contributed by atoms with van der Waals surface area (Å²) in [5.74, 6) is 0.868. The molecule has 0 radical (unpaired) electrons. The minimum absolute atomic E-state index is 0.111. The molecule has 5 fully saturated rings. The molecule has 8 heterocycles. The number of piperidine rings is 4. The summed E-state index contributed by atoms with van der Waals surface area (Å²) in [4.78, 5) is 62.5. The number of alkyl halides is 1. The molecule has 0 bridgehead atoms. The highest BCUT2D eigenvalue weighted by atomic mass is 19.1. The van der Waals surface area contributed by atoms with Gasteiger partial charge in [-0.3, -0.25) is 24.6 Å². The quantitative estimate of drug-likeness (QED) is 0.185. The van der Waals surface area contributed by atoms with Gasteiger partial charge in [-0.25, -0.2) is 14.4 Å². The van der Waals surface area contributed by atoms with E-state index in [1.807, 2.05) is 18.5 Å². The van der Waals surface area contributed by atoms with E-state index >= 15 is 4.39 Å². The second kappa shape index (κ2) is 15.7. The number of carbonyl (C=O) groups is 3. The van der Waals surface area contributed by atoms with Crippen molar-refractivity contribution in [3.8, 4) is 0 Å². The van der Waals surface area contributed by atoms with E-state index in [4.69, 9.17) is 9.97 Å². The Balaban J connectivity index is 0.641. The molecule has 2 aromatic heterocycles. The molecule has 63 heavy (non-hydrogen) atoms. The molecule has 2 N–H and O–H groups in total. The lowest BCUT2D eigenvalue weighted by Crippen LogP contribution is -2.52. The SMILES string of the molecule is CC(C)(F)CN1CCc2c([nH]c3ccccc23)C1c1cnc(N2CCC3(CC2)CC(CN2CCC4(CC2)CCN(c2ccc5c(c2)CN(C2CCC(=O)NC2=O)C5=O)CC4)C3)nc1. The molecule has 1 saturated carbocycles. The fourth-order valence-corrected chi connectivity index (χ4v) is 12.9. The molecule has 2 atom stereocenters. The number of imide groups is 1. The van der Waals surface area contributed by atoms with Gasteiger partial charge < -0.3 is 24.6 Å². The van der Waals surface area contributed by atoms with Crippen molar-refractivity contribution < 1.29 is 18.8 Å². The number of hydrogen-bond donors (Lipinski definition) is 2. The molecule has 2 unspecified atom stereocenters. The summed E-state index contributed by atoms with van der Waals surface area (Å²) < 4.78 is 15.1. The van der Waals surface area contributed by atoms with E-state index in [0.717, 1.165) is 73.3 Å². The second-order valence-electron chi connectivity index (χ2n) is 21.0. The van der Waals surface area contributed by atoms with Gasteiger partial charge in [0.05, 0.1) is 6.04 Å². The maximum Gasteiger partial charge on any atom is 0.255 e. The number of rotatable bonds is 8. The standard InChI is InChI=1S/C50H62FN9O3/c1-48(2,51)32-59-18-11-39-38-5-3-4-6-40(38)54-43(39)44(59)35-28-52-47(53-29-35)58-23-16-50(17-24-58)26-33(27-50)30-56-19-12-49(13-20-56)14-21-57(22-15-49)36-7-8-37-34(25-36)31-60(46(37)63)41-9-10-42(61)55-45(41)62/h3-8,25,28-29,33,41,44,54H,9-24,26-27,30-32H2,1-2H3,(H,55,61,62). The summed E-state index contributed by atoms with van der Waals surface area (Å²) >= 11 is 0. The molecule has 2 aromatic carbocycles. The average Bonchev–Trinajstić information content (AvgIpc) is 3.80. The molecule has 1 aliphatic carbocycles. The predicted molar refractivity (Wildman–Crippen MR) is 241 cm³/mol. The molecule has 2 spiro atoms. The third kappa shape index (κ3) is 7.70. The first kappa shape index (κ1) is 40.9. The number of benzene rings is 2. The monoisotopic (exact) mass is 855 g/mol. The van der Waals surface area contributed by atoms with Crippen molar-refractivity contribution in [3.05, 3.63) is 82.8 Å². The van der Waals surface area contributed by atoms with Gasteiger partial charge in [0.1, 0.15) is 11.7 Å². The van der Waals surface area contributed by atoms with Crippen LogP contribution in [0.25, 0.3) is 10.9 Å². The van der Waals surface area contributed by atoms with Crippen molar-refractivity contribution in [3.63, 3.8) is 0 Å². The van der Waals surface area contributed by atoms with Crippen LogP contribution in [0.4, 0.5) is 16.0 Å². The van der Waals surface area contributed by atoms with Crippen LogP contribution >= 0.6 is 0 Å². The first-order chi connectivity index (χ1) is 30.4. The number of anilines is 2. The Hall–Kier alpha value is -4.88. The summed E-state index contributed by atoms with van der Waals surface area (Å²) in [6, 6.07) is 13.9. The number of aromatic nitrogens is 3. The van der Waals surface area contributed by atoms with E-state index in [0.29, 0.717) is 35.9 Å². The van der Waals surface area contributed by atoms with E-state index in [1.165, 1.54) is 87.6 Å². The number of hydrogen-bond acceptors (Lipinski definition) is 9. The van der Waals surface area contributed by atoms with E-state index in [-0.39, 0.29) is 30.2 Å². The maximum atomic E-state index is 15.1. The summed E-state index contributed by atoms with van der Waals surface area (Å²) in [7, 11) is 0. The van der Waals surface area contributed by atoms with E-state index in [1.54, 1.807) is 18.7 Å². The van der Waals surface area contributed by atoms with Gasteiger partial charge in [-0.15, -0.1) is 0 Å². The van der Waals surface area contributed by atoms with Crippen molar-refractivity contribution in [2.24, 2.45) is 16.7 Å². The minimum Gasteiger partial charge on any atom is -0.371 e. The fourth-order valence-electron chi connectivity index (χ4n) is 12.9. The zero-order valence-electron chi connectivity index (χ0n) is 37.0. The largest absolute Gasteiger partial charge is 0.371 e. The Morgan fingerprint density at radius 1 is 0.825 bits per heavy atom. The minimum atomic E-state index is -1.31. The number of fused-ring (bicyclic) bond motifs is 4. The number of halogens is 1. The van der Waals surface area contributed by atoms with Crippen LogP contribution in [-0.2, 0) is 22.6 Å². The molecule has 7 aliphatic rings. The highest BCUT2D eigenvalue weighted by Crippen LogP contribution is 2.53. The van der Waals surface area contributed by atoms with Crippen molar-refractivity contribution in [2.45, 2.75) is 109 Å². The first-order valence-electron chi connectivity index (χ1n) is 23.7. The molecule has 4 saturated heterocycles. The highest BCUT2D eigenvalue weighted by Gasteiger charge is 2.47. The van der Waals surface area contributed by atoms with E-state index < -0.39 is 11.7 Å². The third-order valence-corrected chi connectivity index (χ3v) is 16.4. The summed E-state index contributed by atoms with van der Waals surface area (Å²) in [6.07, 6.45) is 15.6. The Labute approximate surface area is 370 Å². The van der Waals surface area contributed by atoms with Gasteiger partial charge in [0.2, 0.25) is 17.8 Å². The van der Waals surface area contributed by atoms with Crippen LogP contribution in [0.3, 0.4) is 0 Å². The number of para-hydroxylation sites is 1. The Kier molecular flexibility index (Phi) is 10.2. The van der Waals surface area contributed by atoms with Crippen LogP contribution in [0.1, 0.15) is 117 Å². The van der Waals surface area contributed by atoms with Crippen molar-refractivity contribution >= 4 is 40.3 Å². The Bertz CT molecular complexity index is 2390. The molecule has 4 aromatic rings. The van der Waals surface area contributed by atoms with Crippen LogP contribution in [0, 0.1) is 16.7 Å². The molecule has 13 heteroatoms. The zero-order chi connectivity index (χ0) is 43.1. The lowest BCUT2D eigenvalue weighted by molar-refractivity contribution is -0.136. The molecular formula is C50H62FN9O3. The Morgan fingerprint density at radius 3 is 2.25 bits per heavy atom. The van der Waals surface area contributed by atoms with Gasteiger partial charge in [-0.2, -0.15) is 0 Å². The lowest BCUT2D eigenvalue weighted by atomic mass is 9.57. The molecule has 3 amide bonds. The van der Waals surface area contributed by atoms with Crippen LogP contribution in [0.2, 0.25) is 0 Å². The predicted octanol–water partition coefficient (Wildman–Crippen LogP) is 6.79. The van der Waals surface area contributed by atoms with Gasteiger partial charge >= 0.3 is 0 Å². The number of amides is 3. The number of nitrogens with one attached hydrogen (secondary N) is 2. The number of H-pyrrole nitrogens is 1. The van der Waals surface area contributed by atoms with Crippen LogP contribution in [0.5, 0.6) is 0 Å². The van der Waals surface area contributed by atoms with Crippen LogP contribution in [-0.4, -0.2) is 118 Å². The van der Waals surface area contributed by atoms with E-state index in [2.05, 4.69) is 66.3 Å². The van der Waals surface area contributed by atoms with Gasteiger partial charge in [0.15, 0.2) is 0 Å². The summed E-state index contributed by atoms with van der Waals surface area (Å²) in [6.45, 7) is 12.6. The molecule has 332 valence electrons. The number of nitrogens with zero attached hydrogens (tertiary/aromatic N) is 7.